The molecule has 4 heteroatoms. The number of hydrogen-bond acceptors (Lipinski definition) is 3. The molecule has 0 aliphatic rings. The lowest BCUT2D eigenvalue weighted by atomic mass is 10.4. The van der Waals surface area contributed by atoms with Crippen molar-refractivity contribution in [2.45, 2.75) is 18.7 Å². The highest BCUT2D eigenvalue weighted by molar-refractivity contribution is 7.98. The maximum atomic E-state index is 5.62. The number of rotatable bonds is 4. The molecule has 1 unspecified atom stereocenters. The van der Waals surface area contributed by atoms with Gasteiger partial charge in [0.2, 0.25) is 0 Å². The molecule has 2 N–H and O–H groups in total. The Kier molecular flexibility index (Phi) is 3.62. The molecule has 0 saturated heterocycles. The normalized spacial score (nSPS) is 13.2. The minimum atomic E-state index is 0.284. The molecule has 1 atom stereocenters. The van der Waals surface area contributed by atoms with Gasteiger partial charge in [-0.1, -0.05) is 0 Å². The van der Waals surface area contributed by atoms with Crippen molar-refractivity contribution in [2.75, 3.05) is 5.75 Å². The number of nitrogens with zero attached hydrogens (tertiary/aromatic N) is 2. The van der Waals surface area contributed by atoms with Crippen molar-refractivity contribution in [2.24, 2.45) is 12.8 Å². The summed E-state index contributed by atoms with van der Waals surface area (Å²) in [6, 6.07) is 0.284. The number of aromatic nitrogens is 2. The molecule has 0 bridgehead atoms. The number of aryl methyl sites for hydroxylation is 1. The van der Waals surface area contributed by atoms with Crippen LogP contribution in [0.5, 0.6) is 0 Å². The van der Waals surface area contributed by atoms with Crippen molar-refractivity contribution in [3.63, 3.8) is 0 Å². The molecule has 0 radical (unpaired) electrons. The molecule has 12 heavy (non-hydrogen) atoms. The second kappa shape index (κ2) is 4.52. The SMILES string of the molecule is CC(N)CSCc1cnn(C)c1. The molecule has 3 nitrogen and oxygen atoms in total. The van der Waals surface area contributed by atoms with Crippen LogP contribution in [0.25, 0.3) is 0 Å². The fourth-order valence-corrected chi connectivity index (χ4v) is 1.78. The fourth-order valence-electron chi connectivity index (χ4n) is 0.909. The summed E-state index contributed by atoms with van der Waals surface area (Å²) in [6.07, 6.45) is 3.93. The quantitative estimate of drug-likeness (QED) is 0.761. The predicted octanol–water partition coefficient (Wildman–Crippen LogP) is 1.00. The molecular formula is C8H15N3S. The average molecular weight is 185 g/mol. The summed E-state index contributed by atoms with van der Waals surface area (Å²) >= 11 is 1.85. The van der Waals surface area contributed by atoms with Gasteiger partial charge in [-0.05, 0) is 12.5 Å². The highest BCUT2D eigenvalue weighted by atomic mass is 32.2. The van der Waals surface area contributed by atoms with E-state index in [-0.39, 0.29) is 6.04 Å². The highest BCUT2D eigenvalue weighted by Crippen LogP contribution is 2.11. The van der Waals surface area contributed by atoms with Gasteiger partial charge in [-0.2, -0.15) is 16.9 Å². The molecule has 1 aromatic rings. The molecule has 0 aliphatic heterocycles. The molecule has 1 heterocycles. The lowest BCUT2D eigenvalue weighted by molar-refractivity contribution is 0.767. The Morgan fingerprint density at radius 2 is 2.50 bits per heavy atom. The minimum absolute atomic E-state index is 0.284. The first-order chi connectivity index (χ1) is 5.68. The Morgan fingerprint density at radius 3 is 3.00 bits per heavy atom. The zero-order chi connectivity index (χ0) is 8.97. The third-order valence-corrected chi connectivity index (χ3v) is 2.71. The zero-order valence-corrected chi connectivity index (χ0v) is 8.34. The van der Waals surface area contributed by atoms with Crippen LogP contribution in [0.1, 0.15) is 12.5 Å². The van der Waals surface area contributed by atoms with Crippen molar-refractivity contribution >= 4 is 11.8 Å². The predicted molar refractivity (Wildman–Crippen MR) is 53.0 cm³/mol. The summed E-state index contributed by atoms with van der Waals surface area (Å²) in [6.45, 7) is 2.02. The van der Waals surface area contributed by atoms with E-state index in [1.54, 1.807) is 0 Å². The van der Waals surface area contributed by atoms with Crippen molar-refractivity contribution < 1.29 is 0 Å². The van der Waals surface area contributed by atoms with Crippen LogP contribution in [0.15, 0.2) is 12.4 Å². The Bertz CT molecular complexity index is 232. The van der Waals surface area contributed by atoms with E-state index in [0.29, 0.717) is 0 Å². The van der Waals surface area contributed by atoms with Gasteiger partial charge >= 0.3 is 0 Å². The summed E-state index contributed by atoms with van der Waals surface area (Å²) in [5.41, 5.74) is 6.89. The lowest BCUT2D eigenvalue weighted by Gasteiger charge is -2.02. The van der Waals surface area contributed by atoms with E-state index in [0.717, 1.165) is 11.5 Å². The maximum absolute atomic E-state index is 5.62. The summed E-state index contributed by atoms with van der Waals surface area (Å²) in [5.74, 6) is 2.02. The molecule has 1 rings (SSSR count). The molecule has 0 saturated carbocycles. The van der Waals surface area contributed by atoms with E-state index in [2.05, 4.69) is 5.10 Å². The first-order valence-electron chi connectivity index (χ1n) is 3.99. The number of hydrogen-bond donors (Lipinski definition) is 1. The van der Waals surface area contributed by atoms with Crippen LogP contribution in [0.3, 0.4) is 0 Å². The highest BCUT2D eigenvalue weighted by Gasteiger charge is 1.97. The van der Waals surface area contributed by atoms with Crippen molar-refractivity contribution in [1.82, 2.24) is 9.78 Å². The van der Waals surface area contributed by atoms with Crippen LogP contribution in [-0.2, 0) is 12.8 Å². The van der Waals surface area contributed by atoms with Gasteiger partial charge in [0.15, 0.2) is 0 Å². The van der Waals surface area contributed by atoms with Gasteiger partial charge in [-0.25, -0.2) is 0 Å². The van der Waals surface area contributed by atoms with E-state index in [1.807, 2.05) is 42.8 Å². The molecule has 1 aromatic heterocycles. The Hall–Kier alpha value is -0.480. The van der Waals surface area contributed by atoms with E-state index < -0.39 is 0 Å². The summed E-state index contributed by atoms with van der Waals surface area (Å²) in [5, 5.41) is 4.09. The molecule has 0 aromatic carbocycles. The van der Waals surface area contributed by atoms with Gasteiger partial charge in [0.1, 0.15) is 0 Å². The largest absolute Gasteiger partial charge is 0.327 e. The maximum Gasteiger partial charge on any atom is 0.0530 e. The fraction of sp³-hybridized carbons (Fsp3) is 0.625. The van der Waals surface area contributed by atoms with Crippen LogP contribution in [0.4, 0.5) is 0 Å². The molecule has 68 valence electrons. The van der Waals surface area contributed by atoms with Gasteiger partial charge in [0.05, 0.1) is 6.20 Å². The van der Waals surface area contributed by atoms with Crippen molar-refractivity contribution in [3.05, 3.63) is 18.0 Å². The summed E-state index contributed by atoms with van der Waals surface area (Å²) in [4.78, 5) is 0. The topological polar surface area (TPSA) is 43.8 Å². The standard InChI is InChI=1S/C8H15N3S/c1-7(9)5-12-6-8-3-10-11(2)4-8/h3-4,7H,5-6,9H2,1-2H3. The third kappa shape index (κ3) is 3.28. The van der Waals surface area contributed by atoms with Crippen LogP contribution >= 0.6 is 11.8 Å². The van der Waals surface area contributed by atoms with Gasteiger partial charge in [0.25, 0.3) is 0 Å². The Morgan fingerprint density at radius 1 is 1.75 bits per heavy atom. The van der Waals surface area contributed by atoms with Crippen LogP contribution in [-0.4, -0.2) is 21.6 Å². The van der Waals surface area contributed by atoms with E-state index in [4.69, 9.17) is 5.73 Å². The van der Waals surface area contributed by atoms with Gasteiger partial charge in [-0.15, -0.1) is 0 Å². The van der Waals surface area contributed by atoms with E-state index in [1.165, 1.54) is 5.56 Å². The Labute approximate surface area is 77.3 Å². The lowest BCUT2D eigenvalue weighted by Crippen LogP contribution is -2.17. The minimum Gasteiger partial charge on any atom is -0.327 e. The average Bonchev–Trinajstić information content (AvgIpc) is 2.35. The third-order valence-electron chi connectivity index (χ3n) is 1.41. The van der Waals surface area contributed by atoms with Gasteiger partial charge < -0.3 is 5.73 Å². The summed E-state index contributed by atoms with van der Waals surface area (Å²) < 4.78 is 1.82. The molecule has 0 fully saturated rings. The molecule has 0 amide bonds. The first kappa shape index (κ1) is 9.61. The van der Waals surface area contributed by atoms with Gasteiger partial charge in [-0.3, -0.25) is 4.68 Å². The molecular weight excluding hydrogens is 170 g/mol. The second-order valence-corrected chi connectivity index (χ2v) is 4.04. The number of thioether (sulfide) groups is 1. The molecule has 0 aliphatic carbocycles. The van der Waals surface area contributed by atoms with Crippen LogP contribution in [0, 0.1) is 0 Å². The smallest absolute Gasteiger partial charge is 0.0530 e. The molecule has 0 spiro atoms. The van der Waals surface area contributed by atoms with Crippen LogP contribution < -0.4 is 5.73 Å². The monoisotopic (exact) mass is 185 g/mol. The van der Waals surface area contributed by atoms with E-state index in [9.17, 15) is 0 Å². The zero-order valence-electron chi connectivity index (χ0n) is 7.53. The van der Waals surface area contributed by atoms with E-state index >= 15 is 0 Å². The first-order valence-corrected chi connectivity index (χ1v) is 5.15. The Balaban J connectivity index is 2.24. The number of nitrogens with two attached hydrogens (primary N) is 1. The summed E-state index contributed by atoms with van der Waals surface area (Å²) in [7, 11) is 1.93. The van der Waals surface area contributed by atoms with Crippen LogP contribution in [0.2, 0.25) is 0 Å². The van der Waals surface area contributed by atoms with Crippen molar-refractivity contribution in [1.29, 1.82) is 0 Å². The second-order valence-electron chi connectivity index (χ2n) is 3.01. The van der Waals surface area contributed by atoms with Crippen molar-refractivity contribution in [3.8, 4) is 0 Å². The van der Waals surface area contributed by atoms with Gasteiger partial charge in [0, 0.05) is 30.8 Å².